The van der Waals surface area contributed by atoms with Gasteiger partial charge in [-0.25, -0.2) is 0 Å². The molecule has 0 unspecified atom stereocenters. The zero-order chi connectivity index (χ0) is 16.3. The SMILES string of the molecule is Cc1c(NC(=O)CNC(=O)[C@@H](N)C(C)C)sc2c1CCCC2.Cl. The molecule has 2 amide bonds. The van der Waals surface area contributed by atoms with E-state index in [0.717, 1.165) is 17.8 Å². The van der Waals surface area contributed by atoms with E-state index < -0.39 is 6.04 Å². The van der Waals surface area contributed by atoms with Gasteiger partial charge in [-0.1, -0.05) is 13.8 Å². The molecule has 1 aromatic rings. The number of carbonyl (C=O) groups is 2. The van der Waals surface area contributed by atoms with Crippen LogP contribution >= 0.6 is 23.7 Å². The Kier molecular flexibility index (Phi) is 7.51. The molecule has 1 atom stereocenters. The van der Waals surface area contributed by atoms with Gasteiger partial charge in [0.05, 0.1) is 17.6 Å². The maximum Gasteiger partial charge on any atom is 0.244 e. The highest BCUT2D eigenvalue weighted by molar-refractivity contribution is 7.16. The van der Waals surface area contributed by atoms with Crippen molar-refractivity contribution >= 4 is 40.6 Å². The van der Waals surface area contributed by atoms with E-state index in [0.29, 0.717) is 0 Å². The van der Waals surface area contributed by atoms with Gasteiger partial charge in [0.2, 0.25) is 11.8 Å². The minimum Gasteiger partial charge on any atom is -0.346 e. The predicted molar refractivity (Wildman–Crippen MR) is 97.4 cm³/mol. The minimum absolute atomic E-state index is 0. The summed E-state index contributed by atoms with van der Waals surface area (Å²) in [7, 11) is 0. The summed E-state index contributed by atoms with van der Waals surface area (Å²) in [5.41, 5.74) is 8.33. The fourth-order valence-electron chi connectivity index (χ4n) is 2.60. The van der Waals surface area contributed by atoms with Gasteiger partial charge < -0.3 is 16.4 Å². The third-order valence-corrected chi connectivity index (χ3v) is 5.44. The second-order valence-corrected chi connectivity index (χ2v) is 7.31. The zero-order valence-electron chi connectivity index (χ0n) is 13.9. The first kappa shape index (κ1) is 19.9. The lowest BCUT2D eigenvalue weighted by Crippen LogP contribution is -2.46. The molecule has 130 valence electrons. The third-order valence-electron chi connectivity index (χ3n) is 4.13. The van der Waals surface area contributed by atoms with Crippen LogP contribution in [-0.4, -0.2) is 24.4 Å². The molecule has 0 spiro atoms. The van der Waals surface area contributed by atoms with Crippen LogP contribution in [0.25, 0.3) is 0 Å². The Morgan fingerprint density at radius 3 is 2.52 bits per heavy atom. The number of hydrogen-bond donors (Lipinski definition) is 3. The lowest BCUT2D eigenvalue weighted by molar-refractivity contribution is -0.125. The number of carbonyl (C=O) groups excluding carboxylic acids is 2. The van der Waals surface area contributed by atoms with Crippen LogP contribution in [0.3, 0.4) is 0 Å². The second kappa shape index (κ2) is 8.66. The molecule has 23 heavy (non-hydrogen) atoms. The van der Waals surface area contributed by atoms with Crippen LogP contribution in [-0.2, 0) is 22.4 Å². The van der Waals surface area contributed by atoms with E-state index in [4.69, 9.17) is 5.73 Å². The van der Waals surface area contributed by atoms with Gasteiger partial charge in [-0.3, -0.25) is 9.59 Å². The summed E-state index contributed by atoms with van der Waals surface area (Å²) >= 11 is 1.67. The number of aryl methyl sites for hydroxylation is 1. The largest absolute Gasteiger partial charge is 0.346 e. The summed E-state index contributed by atoms with van der Waals surface area (Å²) in [5.74, 6) is -0.437. The molecule has 0 aromatic carbocycles. The van der Waals surface area contributed by atoms with Gasteiger partial charge in [0.25, 0.3) is 0 Å². The van der Waals surface area contributed by atoms with E-state index in [1.165, 1.54) is 28.8 Å². The zero-order valence-corrected chi connectivity index (χ0v) is 15.5. The molecule has 4 N–H and O–H groups in total. The summed E-state index contributed by atoms with van der Waals surface area (Å²) < 4.78 is 0. The van der Waals surface area contributed by atoms with E-state index in [1.54, 1.807) is 11.3 Å². The fourth-order valence-corrected chi connectivity index (χ4v) is 3.91. The van der Waals surface area contributed by atoms with E-state index in [2.05, 4.69) is 17.6 Å². The Morgan fingerprint density at radius 1 is 1.26 bits per heavy atom. The first-order valence-corrected chi connectivity index (χ1v) is 8.66. The van der Waals surface area contributed by atoms with E-state index >= 15 is 0 Å². The molecule has 5 nitrogen and oxygen atoms in total. The van der Waals surface area contributed by atoms with Crippen molar-refractivity contribution in [1.29, 1.82) is 0 Å². The van der Waals surface area contributed by atoms with Crippen molar-refractivity contribution < 1.29 is 9.59 Å². The molecule has 1 aliphatic rings. The van der Waals surface area contributed by atoms with Crippen LogP contribution in [0.1, 0.15) is 42.7 Å². The van der Waals surface area contributed by atoms with Gasteiger partial charge in [0, 0.05) is 4.88 Å². The fraction of sp³-hybridized carbons (Fsp3) is 0.625. The molecule has 2 rings (SSSR count). The summed E-state index contributed by atoms with van der Waals surface area (Å²) in [4.78, 5) is 25.2. The summed E-state index contributed by atoms with van der Waals surface area (Å²) in [5, 5.41) is 6.42. The number of rotatable bonds is 5. The maximum atomic E-state index is 12.0. The van der Waals surface area contributed by atoms with Gasteiger partial charge >= 0.3 is 0 Å². The molecule has 1 aliphatic carbocycles. The van der Waals surface area contributed by atoms with E-state index in [1.807, 2.05) is 13.8 Å². The highest BCUT2D eigenvalue weighted by atomic mass is 35.5. The molecule has 0 aliphatic heterocycles. The van der Waals surface area contributed by atoms with Crippen molar-refractivity contribution in [3.05, 3.63) is 16.0 Å². The number of thiophene rings is 1. The van der Waals surface area contributed by atoms with Crippen molar-refractivity contribution in [1.82, 2.24) is 5.32 Å². The smallest absolute Gasteiger partial charge is 0.244 e. The molecular weight excluding hydrogens is 334 g/mol. The number of anilines is 1. The van der Waals surface area contributed by atoms with E-state index in [9.17, 15) is 9.59 Å². The van der Waals surface area contributed by atoms with Crippen LogP contribution in [0.4, 0.5) is 5.00 Å². The Labute approximate surface area is 147 Å². The molecular formula is C16H26ClN3O2S. The average molecular weight is 360 g/mol. The Morgan fingerprint density at radius 2 is 1.91 bits per heavy atom. The number of nitrogens with two attached hydrogens (primary N) is 1. The van der Waals surface area contributed by atoms with Crippen molar-refractivity contribution in [2.24, 2.45) is 11.7 Å². The number of amides is 2. The van der Waals surface area contributed by atoms with Crippen LogP contribution < -0.4 is 16.4 Å². The van der Waals surface area contributed by atoms with Crippen LogP contribution in [0.2, 0.25) is 0 Å². The Hall–Kier alpha value is -1.11. The third kappa shape index (κ3) is 4.93. The maximum absolute atomic E-state index is 12.0. The van der Waals surface area contributed by atoms with E-state index in [-0.39, 0.29) is 36.7 Å². The standard InChI is InChI=1S/C16H25N3O2S.ClH/c1-9(2)14(17)15(21)18-8-13(20)19-16-10(3)11-6-4-5-7-12(11)22-16;/h9,14H,4-8,17H2,1-3H3,(H,18,21)(H,19,20);1H/t14-;/m0./s1. The Bertz CT molecular complexity index is 572. The first-order chi connectivity index (χ1) is 10.4. The molecule has 0 fully saturated rings. The summed E-state index contributed by atoms with van der Waals surface area (Å²) in [6.07, 6.45) is 4.66. The predicted octanol–water partition coefficient (Wildman–Crippen LogP) is 2.40. The van der Waals surface area contributed by atoms with Gasteiger partial charge in [0.1, 0.15) is 0 Å². The molecule has 7 heteroatoms. The van der Waals surface area contributed by atoms with Crippen molar-refractivity contribution in [2.75, 3.05) is 11.9 Å². The van der Waals surface area contributed by atoms with Gasteiger partial charge in [-0.15, -0.1) is 23.7 Å². The summed E-state index contributed by atoms with van der Waals surface area (Å²) in [6.45, 7) is 5.78. The highest BCUT2D eigenvalue weighted by Gasteiger charge is 2.20. The second-order valence-electron chi connectivity index (χ2n) is 6.20. The van der Waals surface area contributed by atoms with Gasteiger partial charge in [-0.2, -0.15) is 0 Å². The highest BCUT2D eigenvalue weighted by Crippen LogP contribution is 2.37. The number of halogens is 1. The van der Waals surface area contributed by atoms with Crippen molar-refractivity contribution in [2.45, 2.75) is 52.5 Å². The molecule has 0 bridgehead atoms. The first-order valence-electron chi connectivity index (χ1n) is 7.84. The monoisotopic (exact) mass is 359 g/mol. The molecule has 0 saturated carbocycles. The van der Waals surface area contributed by atoms with Gasteiger partial charge in [0.15, 0.2) is 0 Å². The lowest BCUT2D eigenvalue weighted by atomic mass is 9.96. The molecule has 0 saturated heterocycles. The normalized spacial score (nSPS) is 14.7. The lowest BCUT2D eigenvalue weighted by Gasteiger charge is -2.15. The van der Waals surface area contributed by atoms with Crippen molar-refractivity contribution in [3.63, 3.8) is 0 Å². The van der Waals surface area contributed by atoms with Crippen LogP contribution in [0.15, 0.2) is 0 Å². The van der Waals surface area contributed by atoms with Crippen LogP contribution in [0, 0.1) is 12.8 Å². The van der Waals surface area contributed by atoms with Crippen LogP contribution in [0.5, 0.6) is 0 Å². The summed E-state index contributed by atoms with van der Waals surface area (Å²) in [6, 6.07) is -0.580. The average Bonchev–Trinajstić information content (AvgIpc) is 2.80. The van der Waals surface area contributed by atoms with Gasteiger partial charge in [-0.05, 0) is 49.7 Å². The quantitative estimate of drug-likeness (QED) is 0.754. The Balaban J connectivity index is 0.00000264. The number of hydrogen-bond acceptors (Lipinski definition) is 4. The number of fused-ring (bicyclic) bond motifs is 1. The van der Waals surface area contributed by atoms with Crippen molar-refractivity contribution in [3.8, 4) is 0 Å². The number of nitrogens with one attached hydrogen (secondary N) is 2. The molecule has 1 heterocycles. The molecule has 0 radical (unpaired) electrons. The topological polar surface area (TPSA) is 84.2 Å². The minimum atomic E-state index is -0.580. The molecule has 1 aromatic heterocycles.